The van der Waals surface area contributed by atoms with Crippen LogP contribution in [0, 0.1) is 11.8 Å². The number of anilines is 2. The van der Waals surface area contributed by atoms with Gasteiger partial charge in [-0.3, -0.25) is 4.79 Å². The number of urea groups is 1. The minimum absolute atomic E-state index is 0.0324. The van der Waals surface area contributed by atoms with Crippen molar-refractivity contribution >= 4 is 23.4 Å². The lowest BCUT2D eigenvalue weighted by molar-refractivity contribution is 0.0515. The summed E-state index contributed by atoms with van der Waals surface area (Å²) >= 11 is 0. The minimum Gasteiger partial charge on any atom is -0.497 e. The van der Waals surface area contributed by atoms with E-state index in [2.05, 4.69) is 20.2 Å². The van der Waals surface area contributed by atoms with Gasteiger partial charge in [0.2, 0.25) is 0 Å². The third-order valence-corrected chi connectivity index (χ3v) is 9.12. The Morgan fingerprint density at radius 2 is 1.79 bits per heavy atom. The molecule has 3 fully saturated rings. The van der Waals surface area contributed by atoms with Gasteiger partial charge in [0.1, 0.15) is 23.6 Å². The van der Waals surface area contributed by atoms with Crippen LogP contribution in [0.3, 0.4) is 0 Å². The van der Waals surface area contributed by atoms with E-state index >= 15 is 0 Å². The van der Waals surface area contributed by atoms with Gasteiger partial charge in [0, 0.05) is 50.5 Å². The number of benzene rings is 1. The molecule has 38 heavy (non-hydrogen) atoms. The van der Waals surface area contributed by atoms with E-state index < -0.39 is 0 Å². The zero-order chi connectivity index (χ0) is 26.1. The second kappa shape index (κ2) is 10.8. The van der Waals surface area contributed by atoms with Crippen LogP contribution in [0.15, 0.2) is 30.6 Å². The number of methoxy groups -OCH3 is 1. The molecule has 1 saturated carbocycles. The van der Waals surface area contributed by atoms with Gasteiger partial charge in [-0.1, -0.05) is 19.3 Å². The summed E-state index contributed by atoms with van der Waals surface area (Å²) in [6, 6.07) is 7.80. The zero-order valence-corrected chi connectivity index (χ0v) is 22.3. The lowest BCUT2D eigenvalue weighted by Gasteiger charge is -2.41. The molecule has 0 radical (unpaired) electrons. The van der Waals surface area contributed by atoms with Gasteiger partial charge in [-0.2, -0.15) is 0 Å². The smallest absolute Gasteiger partial charge is 0.322 e. The maximum atomic E-state index is 13.3. The Kier molecular flexibility index (Phi) is 7.08. The highest BCUT2D eigenvalue weighted by molar-refractivity contribution is 5.93. The second-order valence-electron chi connectivity index (χ2n) is 11.2. The van der Waals surface area contributed by atoms with Gasteiger partial charge in [-0.15, -0.1) is 0 Å². The van der Waals surface area contributed by atoms with E-state index in [9.17, 15) is 9.59 Å². The number of hydrogen-bond acceptors (Lipinski definition) is 6. The van der Waals surface area contributed by atoms with Crippen LogP contribution in [-0.2, 0) is 6.42 Å². The number of rotatable bonds is 4. The van der Waals surface area contributed by atoms with E-state index in [1.54, 1.807) is 7.11 Å². The molecule has 1 aromatic heterocycles. The van der Waals surface area contributed by atoms with Gasteiger partial charge in [0.05, 0.1) is 7.11 Å². The van der Waals surface area contributed by atoms with E-state index in [1.165, 1.54) is 32.0 Å². The van der Waals surface area contributed by atoms with Gasteiger partial charge < -0.3 is 24.8 Å². The first-order valence-corrected chi connectivity index (χ1v) is 14.2. The van der Waals surface area contributed by atoms with Crippen molar-refractivity contribution in [2.75, 3.05) is 50.1 Å². The molecule has 0 unspecified atom stereocenters. The molecule has 4 aliphatic rings. The Morgan fingerprint density at radius 3 is 2.61 bits per heavy atom. The largest absolute Gasteiger partial charge is 0.497 e. The highest BCUT2D eigenvalue weighted by atomic mass is 16.5. The molecule has 0 spiro atoms. The molecule has 6 rings (SSSR count). The van der Waals surface area contributed by atoms with E-state index in [-0.39, 0.29) is 18.0 Å². The summed E-state index contributed by atoms with van der Waals surface area (Å²) in [6.45, 7) is 3.95. The first-order valence-electron chi connectivity index (χ1n) is 14.2. The van der Waals surface area contributed by atoms with Crippen molar-refractivity contribution in [1.82, 2.24) is 19.8 Å². The number of nitrogens with zero attached hydrogens (tertiary/aromatic N) is 5. The van der Waals surface area contributed by atoms with Gasteiger partial charge >= 0.3 is 6.03 Å². The lowest BCUT2D eigenvalue weighted by atomic mass is 9.75. The molecule has 2 atom stereocenters. The molecule has 202 valence electrons. The molecule has 1 N–H and O–H groups in total. The van der Waals surface area contributed by atoms with E-state index in [0.717, 1.165) is 80.6 Å². The first-order chi connectivity index (χ1) is 18.6. The van der Waals surface area contributed by atoms with Crippen LogP contribution < -0.4 is 15.0 Å². The molecule has 0 bridgehead atoms. The number of carbonyl (C=O) groups is 2. The van der Waals surface area contributed by atoms with Crippen molar-refractivity contribution < 1.29 is 14.3 Å². The maximum Gasteiger partial charge on any atom is 0.322 e. The summed E-state index contributed by atoms with van der Waals surface area (Å²) in [7, 11) is 1.66. The fourth-order valence-electron chi connectivity index (χ4n) is 6.89. The van der Waals surface area contributed by atoms with Gasteiger partial charge in [-0.25, -0.2) is 14.8 Å². The SMILES string of the molecule is COc1ccc2c(c1)CCN(C1CCN(c3cc(C(=O)N4CC[C@H]5CCCC[C@H]5C4)ncn3)CC1)C(=O)N2. The van der Waals surface area contributed by atoms with Crippen LogP contribution in [0.5, 0.6) is 5.75 Å². The Bertz CT molecular complexity index is 1180. The van der Waals surface area contributed by atoms with Crippen molar-refractivity contribution in [3.63, 3.8) is 0 Å². The topological polar surface area (TPSA) is 90.9 Å². The summed E-state index contributed by atoms with van der Waals surface area (Å²) in [4.78, 5) is 41.4. The number of aromatic nitrogens is 2. The quantitative estimate of drug-likeness (QED) is 0.653. The number of fused-ring (bicyclic) bond motifs is 2. The van der Waals surface area contributed by atoms with Crippen molar-refractivity contribution in [3.05, 3.63) is 41.9 Å². The monoisotopic (exact) mass is 518 g/mol. The fraction of sp³-hybridized carbons (Fsp3) is 0.586. The highest BCUT2D eigenvalue weighted by Gasteiger charge is 2.34. The number of piperidine rings is 2. The molecule has 9 heteroatoms. The van der Waals surface area contributed by atoms with E-state index in [4.69, 9.17) is 4.74 Å². The number of hydrogen-bond donors (Lipinski definition) is 1. The Morgan fingerprint density at radius 1 is 0.974 bits per heavy atom. The van der Waals surface area contributed by atoms with Crippen molar-refractivity contribution in [2.45, 2.75) is 57.4 Å². The first kappa shape index (κ1) is 24.9. The Balaban J connectivity index is 1.07. The number of amides is 3. The molecule has 4 heterocycles. The van der Waals surface area contributed by atoms with Crippen molar-refractivity contribution in [3.8, 4) is 5.75 Å². The molecular weight excluding hydrogens is 480 g/mol. The molecule has 2 saturated heterocycles. The van der Waals surface area contributed by atoms with Crippen LogP contribution >= 0.6 is 0 Å². The third kappa shape index (κ3) is 5.02. The van der Waals surface area contributed by atoms with E-state index in [1.807, 2.05) is 34.1 Å². The number of ether oxygens (including phenoxy) is 1. The van der Waals surface area contributed by atoms with Gasteiger partial charge in [0.25, 0.3) is 5.91 Å². The Labute approximate surface area is 224 Å². The van der Waals surface area contributed by atoms with Gasteiger partial charge in [0.15, 0.2) is 0 Å². The molecule has 9 nitrogen and oxygen atoms in total. The summed E-state index contributed by atoms with van der Waals surface area (Å²) in [5.41, 5.74) is 2.46. The summed E-state index contributed by atoms with van der Waals surface area (Å²) in [5.74, 6) is 3.08. The minimum atomic E-state index is -0.0379. The summed E-state index contributed by atoms with van der Waals surface area (Å²) in [5, 5.41) is 3.09. The van der Waals surface area contributed by atoms with Crippen LogP contribution in [0.25, 0.3) is 0 Å². The van der Waals surface area contributed by atoms with Gasteiger partial charge in [-0.05, 0) is 67.7 Å². The number of carbonyl (C=O) groups excluding carboxylic acids is 2. The highest BCUT2D eigenvalue weighted by Crippen LogP contribution is 2.36. The van der Waals surface area contributed by atoms with Crippen LogP contribution in [-0.4, -0.2) is 77.6 Å². The molecule has 1 aromatic carbocycles. The molecule has 3 amide bonds. The number of nitrogens with one attached hydrogen (secondary N) is 1. The molecule has 1 aliphatic carbocycles. The summed E-state index contributed by atoms with van der Waals surface area (Å²) < 4.78 is 5.36. The molecule has 2 aromatic rings. The predicted molar refractivity (Wildman–Crippen MR) is 146 cm³/mol. The predicted octanol–water partition coefficient (Wildman–Crippen LogP) is 4.20. The number of likely N-dealkylation sites (tertiary alicyclic amines) is 1. The normalized spacial score (nSPS) is 24.2. The summed E-state index contributed by atoms with van der Waals surface area (Å²) in [6.07, 6.45) is 10.3. The van der Waals surface area contributed by atoms with E-state index in [0.29, 0.717) is 18.2 Å². The average molecular weight is 519 g/mol. The molecular formula is C29H38N6O3. The molecule has 3 aliphatic heterocycles. The van der Waals surface area contributed by atoms with Crippen LogP contribution in [0.4, 0.5) is 16.3 Å². The van der Waals surface area contributed by atoms with Crippen LogP contribution in [0.1, 0.15) is 61.0 Å². The van der Waals surface area contributed by atoms with Crippen LogP contribution in [0.2, 0.25) is 0 Å². The fourth-order valence-corrected chi connectivity index (χ4v) is 6.89. The standard InChI is InChI=1S/C29H38N6O3/c1-38-24-6-7-25-21(16-24)9-15-35(29(37)32-25)23-10-13-33(14-11-23)27-17-26(30-19-31-27)28(36)34-12-8-20-4-2-3-5-22(20)18-34/h6-7,16-17,19-20,22-23H,2-5,8-15,18H2,1H3,(H,32,37)/t20-,22+/m1/s1. The lowest BCUT2D eigenvalue weighted by Crippen LogP contribution is -2.49. The van der Waals surface area contributed by atoms with Crippen molar-refractivity contribution in [2.24, 2.45) is 11.8 Å². The Hall–Kier alpha value is -3.36. The third-order valence-electron chi connectivity index (χ3n) is 9.12. The maximum absolute atomic E-state index is 13.3. The van der Waals surface area contributed by atoms with Crippen molar-refractivity contribution in [1.29, 1.82) is 0 Å². The second-order valence-corrected chi connectivity index (χ2v) is 11.2. The average Bonchev–Trinajstić information content (AvgIpc) is 3.14. The zero-order valence-electron chi connectivity index (χ0n) is 22.3.